The van der Waals surface area contributed by atoms with Crippen molar-refractivity contribution in [2.45, 2.75) is 26.3 Å². The number of nitrogens with zero attached hydrogens (tertiary/aromatic N) is 1. The van der Waals surface area contributed by atoms with E-state index in [9.17, 15) is 9.59 Å². The molecule has 0 spiro atoms. The second-order valence-electron chi connectivity index (χ2n) is 4.72. The lowest BCUT2D eigenvalue weighted by Crippen LogP contribution is -2.40. The summed E-state index contributed by atoms with van der Waals surface area (Å²) < 4.78 is 5.45. The molecule has 21 heavy (non-hydrogen) atoms. The number of likely N-dealkylation sites (N-methyl/N-ethyl adjacent to an activating group) is 1. The van der Waals surface area contributed by atoms with E-state index < -0.39 is 12.0 Å². The predicted molar refractivity (Wildman–Crippen MR) is 80.6 cm³/mol. The molecule has 6 nitrogen and oxygen atoms in total. The van der Waals surface area contributed by atoms with Crippen LogP contribution in [0.2, 0.25) is 0 Å². The van der Waals surface area contributed by atoms with Crippen LogP contribution in [0.3, 0.4) is 0 Å². The molecular weight excluding hydrogens is 272 g/mol. The van der Waals surface area contributed by atoms with E-state index in [-0.39, 0.29) is 12.3 Å². The highest BCUT2D eigenvalue weighted by Crippen LogP contribution is 2.23. The number of ether oxygens (including phenoxy) is 1. The molecule has 116 valence electrons. The van der Waals surface area contributed by atoms with Gasteiger partial charge in [-0.15, -0.1) is 0 Å². The lowest BCUT2D eigenvalue weighted by molar-refractivity contribution is -0.137. The minimum atomic E-state index is -0.879. The number of anilines is 1. The number of carbonyl (C=O) groups is 2. The fourth-order valence-electron chi connectivity index (χ4n) is 1.75. The third-order valence-corrected chi connectivity index (χ3v) is 3.16. The Morgan fingerprint density at radius 3 is 2.67 bits per heavy atom. The van der Waals surface area contributed by atoms with Crippen LogP contribution in [0, 0.1) is 0 Å². The molecule has 1 rings (SSSR count). The smallest absolute Gasteiger partial charge is 0.304 e. The van der Waals surface area contributed by atoms with Gasteiger partial charge >= 0.3 is 5.97 Å². The fourth-order valence-corrected chi connectivity index (χ4v) is 1.75. The molecular formula is C15H22N2O4. The highest BCUT2D eigenvalue weighted by atomic mass is 16.5. The molecule has 1 aromatic carbocycles. The van der Waals surface area contributed by atoms with E-state index in [1.807, 2.05) is 19.1 Å². The van der Waals surface area contributed by atoms with Gasteiger partial charge in [-0.05, 0) is 33.0 Å². The van der Waals surface area contributed by atoms with Crippen molar-refractivity contribution in [2.24, 2.45) is 0 Å². The third kappa shape index (κ3) is 5.43. The number of carbonyl (C=O) groups excluding carboxylic acids is 1. The standard InChI is InChI=1S/C15H22N2O4/c1-4-21-13-8-6-5-7-12(13)16-15(20)11(2)17(3)10-9-14(18)19/h5-8,11H,4,9-10H2,1-3H3,(H,16,20)(H,18,19). The molecule has 1 unspecified atom stereocenters. The van der Waals surface area contributed by atoms with Crippen molar-refractivity contribution in [1.29, 1.82) is 0 Å². The van der Waals surface area contributed by atoms with E-state index in [2.05, 4.69) is 5.32 Å². The van der Waals surface area contributed by atoms with Gasteiger partial charge in [0.1, 0.15) is 5.75 Å². The summed E-state index contributed by atoms with van der Waals surface area (Å²) in [5.74, 6) is -0.458. The normalized spacial score (nSPS) is 12.0. The summed E-state index contributed by atoms with van der Waals surface area (Å²) in [7, 11) is 1.72. The molecule has 0 heterocycles. The molecule has 0 aromatic heterocycles. The van der Waals surface area contributed by atoms with E-state index >= 15 is 0 Å². The molecule has 2 N–H and O–H groups in total. The average molecular weight is 294 g/mol. The van der Waals surface area contributed by atoms with Gasteiger partial charge in [0.15, 0.2) is 0 Å². The first-order valence-corrected chi connectivity index (χ1v) is 6.90. The molecule has 0 aliphatic rings. The second kappa shape index (κ2) is 8.26. The maximum Gasteiger partial charge on any atom is 0.304 e. The first kappa shape index (κ1) is 17.0. The molecule has 0 aliphatic heterocycles. The van der Waals surface area contributed by atoms with Crippen LogP contribution in [0.4, 0.5) is 5.69 Å². The van der Waals surface area contributed by atoms with Crippen molar-refractivity contribution >= 4 is 17.6 Å². The second-order valence-corrected chi connectivity index (χ2v) is 4.72. The number of nitrogens with one attached hydrogen (secondary N) is 1. The number of hydrogen-bond donors (Lipinski definition) is 2. The van der Waals surface area contributed by atoms with Gasteiger partial charge in [0, 0.05) is 6.54 Å². The molecule has 1 amide bonds. The van der Waals surface area contributed by atoms with Gasteiger partial charge in [-0.1, -0.05) is 12.1 Å². The van der Waals surface area contributed by atoms with Crippen LogP contribution >= 0.6 is 0 Å². The van der Waals surface area contributed by atoms with Crippen LogP contribution in [-0.2, 0) is 9.59 Å². The summed E-state index contributed by atoms with van der Waals surface area (Å²) in [6.45, 7) is 4.44. The highest BCUT2D eigenvalue weighted by Gasteiger charge is 2.19. The Labute approximate surface area is 124 Å². The van der Waals surface area contributed by atoms with Crippen molar-refractivity contribution in [3.8, 4) is 5.75 Å². The molecule has 6 heteroatoms. The van der Waals surface area contributed by atoms with Gasteiger partial charge in [-0.2, -0.15) is 0 Å². The largest absolute Gasteiger partial charge is 0.492 e. The predicted octanol–water partition coefficient (Wildman–Crippen LogP) is 1.82. The van der Waals surface area contributed by atoms with E-state index in [1.165, 1.54) is 0 Å². The van der Waals surface area contributed by atoms with E-state index in [4.69, 9.17) is 9.84 Å². The fraction of sp³-hybridized carbons (Fsp3) is 0.467. The van der Waals surface area contributed by atoms with Crippen LogP contribution in [0.25, 0.3) is 0 Å². The zero-order chi connectivity index (χ0) is 15.8. The van der Waals surface area contributed by atoms with Crippen molar-refractivity contribution < 1.29 is 19.4 Å². The number of para-hydroxylation sites is 2. The topological polar surface area (TPSA) is 78.9 Å². The number of aliphatic carboxylic acids is 1. The Bertz CT molecular complexity index is 490. The number of benzene rings is 1. The molecule has 0 radical (unpaired) electrons. The van der Waals surface area contributed by atoms with E-state index in [0.717, 1.165) is 0 Å². The van der Waals surface area contributed by atoms with Gasteiger partial charge in [0.2, 0.25) is 5.91 Å². The Hall–Kier alpha value is -2.08. The van der Waals surface area contributed by atoms with Crippen molar-refractivity contribution in [3.05, 3.63) is 24.3 Å². The summed E-state index contributed by atoms with van der Waals surface area (Å²) in [5, 5.41) is 11.5. The molecule has 1 atom stereocenters. The van der Waals surface area contributed by atoms with Crippen LogP contribution < -0.4 is 10.1 Å². The Kier molecular flexibility index (Phi) is 6.68. The molecule has 0 saturated carbocycles. The first-order valence-electron chi connectivity index (χ1n) is 6.90. The number of amides is 1. The Balaban J connectivity index is 2.65. The van der Waals surface area contributed by atoms with Gasteiger partial charge in [0.05, 0.1) is 24.8 Å². The Morgan fingerprint density at radius 2 is 2.05 bits per heavy atom. The summed E-state index contributed by atoms with van der Waals surface area (Å²) >= 11 is 0. The number of carboxylic acid groups (broad SMARTS) is 1. The summed E-state index contributed by atoms with van der Waals surface area (Å²) in [6, 6.07) is 6.78. The lowest BCUT2D eigenvalue weighted by Gasteiger charge is -2.23. The quantitative estimate of drug-likeness (QED) is 0.764. The highest BCUT2D eigenvalue weighted by molar-refractivity contribution is 5.95. The zero-order valence-electron chi connectivity index (χ0n) is 12.6. The van der Waals surface area contributed by atoms with Gasteiger partial charge < -0.3 is 15.2 Å². The van der Waals surface area contributed by atoms with Crippen LogP contribution in [0.1, 0.15) is 20.3 Å². The molecule has 0 fully saturated rings. The summed E-state index contributed by atoms with van der Waals surface area (Å²) in [6.07, 6.45) is 0.00362. The molecule has 0 saturated heterocycles. The SMILES string of the molecule is CCOc1ccccc1NC(=O)C(C)N(C)CCC(=O)O. The number of hydrogen-bond acceptors (Lipinski definition) is 4. The van der Waals surface area contributed by atoms with Crippen molar-refractivity contribution in [3.63, 3.8) is 0 Å². The van der Waals surface area contributed by atoms with Crippen molar-refractivity contribution in [1.82, 2.24) is 4.90 Å². The lowest BCUT2D eigenvalue weighted by atomic mass is 10.2. The van der Waals surface area contributed by atoms with E-state index in [1.54, 1.807) is 31.0 Å². The number of carboxylic acids is 1. The van der Waals surface area contributed by atoms with Gasteiger partial charge in [-0.25, -0.2) is 0 Å². The number of rotatable bonds is 8. The Morgan fingerprint density at radius 1 is 1.38 bits per heavy atom. The maximum absolute atomic E-state index is 12.2. The van der Waals surface area contributed by atoms with Crippen LogP contribution in [-0.4, -0.2) is 48.1 Å². The van der Waals surface area contributed by atoms with Crippen molar-refractivity contribution in [2.75, 3.05) is 25.5 Å². The summed E-state index contributed by atoms with van der Waals surface area (Å²) in [4.78, 5) is 24.5. The van der Waals surface area contributed by atoms with Crippen LogP contribution in [0.5, 0.6) is 5.75 Å². The minimum Gasteiger partial charge on any atom is -0.492 e. The molecule has 0 bridgehead atoms. The van der Waals surface area contributed by atoms with Crippen LogP contribution in [0.15, 0.2) is 24.3 Å². The molecule has 0 aliphatic carbocycles. The zero-order valence-corrected chi connectivity index (χ0v) is 12.6. The monoisotopic (exact) mass is 294 g/mol. The van der Waals surface area contributed by atoms with E-state index in [0.29, 0.717) is 24.6 Å². The van der Waals surface area contributed by atoms with Gasteiger partial charge in [-0.3, -0.25) is 14.5 Å². The molecule has 1 aromatic rings. The average Bonchev–Trinajstić information content (AvgIpc) is 2.46. The maximum atomic E-state index is 12.2. The van der Waals surface area contributed by atoms with Gasteiger partial charge in [0.25, 0.3) is 0 Å². The summed E-state index contributed by atoms with van der Waals surface area (Å²) in [5.41, 5.74) is 0.614. The first-order chi connectivity index (χ1) is 9.95. The third-order valence-electron chi connectivity index (χ3n) is 3.16. The minimum absolute atomic E-state index is 0.00362.